The summed E-state index contributed by atoms with van der Waals surface area (Å²) in [5, 5.41) is 4.56. The SMILES string of the molecule is CN(Cc1ccc(-c2[nH]c3cc(F)cc4c3c2CCNC4=O)cc1)C(=O)OCc1ccc(SSc2ccccn2)cc1. The van der Waals surface area contributed by atoms with E-state index < -0.39 is 11.9 Å². The maximum atomic E-state index is 14.2. The molecule has 10 heteroatoms. The van der Waals surface area contributed by atoms with Crippen LogP contribution in [0.1, 0.15) is 27.0 Å². The predicted octanol–water partition coefficient (Wildman–Crippen LogP) is 7.22. The Kier molecular flexibility index (Phi) is 8.16. The van der Waals surface area contributed by atoms with Gasteiger partial charge < -0.3 is 19.9 Å². The van der Waals surface area contributed by atoms with Gasteiger partial charge in [0.15, 0.2) is 0 Å². The van der Waals surface area contributed by atoms with E-state index in [-0.39, 0.29) is 12.5 Å². The monoisotopic (exact) mass is 598 g/mol. The average Bonchev–Trinajstić information content (AvgIpc) is 3.28. The Hall–Kier alpha value is -4.28. The van der Waals surface area contributed by atoms with Crippen molar-refractivity contribution >= 4 is 44.5 Å². The van der Waals surface area contributed by atoms with Gasteiger partial charge in [-0.1, -0.05) is 53.3 Å². The molecular weight excluding hydrogens is 572 g/mol. The van der Waals surface area contributed by atoms with Crippen LogP contribution in [0, 0.1) is 5.82 Å². The maximum absolute atomic E-state index is 14.2. The fourth-order valence-corrected chi connectivity index (χ4v) is 6.78. The van der Waals surface area contributed by atoms with Crippen molar-refractivity contribution in [2.45, 2.75) is 29.5 Å². The van der Waals surface area contributed by atoms with Crippen LogP contribution < -0.4 is 5.32 Å². The molecule has 2 amide bonds. The molecule has 0 unspecified atom stereocenters. The summed E-state index contributed by atoms with van der Waals surface area (Å²) < 4.78 is 19.7. The van der Waals surface area contributed by atoms with Gasteiger partial charge in [0.05, 0.1) is 5.56 Å². The highest BCUT2D eigenvalue weighted by molar-refractivity contribution is 8.76. The van der Waals surface area contributed by atoms with E-state index in [1.165, 1.54) is 17.0 Å². The summed E-state index contributed by atoms with van der Waals surface area (Å²) in [6.07, 6.45) is 2.00. The zero-order valence-electron chi connectivity index (χ0n) is 22.7. The van der Waals surface area contributed by atoms with Crippen molar-refractivity contribution in [3.8, 4) is 11.3 Å². The fourth-order valence-electron chi connectivity index (χ4n) is 4.94. The molecule has 0 spiro atoms. The Morgan fingerprint density at radius 2 is 1.81 bits per heavy atom. The summed E-state index contributed by atoms with van der Waals surface area (Å²) >= 11 is 0. The van der Waals surface area contributed by atoms with Gasteiger partial charge in [0, 0.05) is 47.8 Å². The van der Waals surface area contributed by atoms with Gasteiger partial charge in [0.25, 0.3) is 5.91 Å². The molecule has 2 N–H and O–H groups in total. The van der Waals surface area contributed by atoms with E-state index in [2.05, 4.69) is 15.3 Å². The number of H-pyrrole nitrogens is 1. The second kappa shape index (κ2) is 12.3. The van der Waals surface area contributed by atoms with Gasteiger partial charge in [-0.15, -0.1) is 0 Å². The number of carbonyl (C=O) groups is 2. The number of aromatic nitrogens is 2. The standard InChI is InChI=1S/C32H27FN4O3S2/c1-37(32(39)40-19-21-7-11-24(12-8-21)41-42-28-4-2-3-14-34-28)18-20-5-9-22(10-6-20)30-25-13-15-35-31(38)26-16-23(33)17-27(36-30)29(25)26/h2-12,14,16-17,36H,13,15,18-19H2,1H3,(H,35,38). The first-order valence-corrected chi connectivity index (χ1v) is 15.5. The van der Waals surface area contributed by atoms with E-state index in [4.69, 9.17) is 4.74 Å². The van der Waals surface area contributed by atoms with E-state index in [0.717, 1.165) is 43.3 Å². The lowest BCUT2D eigenvalue weighted by molar-refractivity contribution is 0.0956. The number of benzene rings is 3. The highest BCUT2D eigenvalue weighted by Gasteiger charge is 2.23. The van der Waals surface area contributed by atoms with Crippen molar-refractivity contribution in [2.24, 2.45) is 0 Å². The van der Waals surface area contributed by atoms with Gasteiger partial charge in [-0.2, -0.15) is 0 Å². The van der Waals surface area contributed by atoms with Crippen molar-refractivity contribution < 1.29 is 18.7 Å². The van der Waals surface area contributed by atoms with Crippen LogP contribution >= 0.6 is 21.6 Å². The van der Waals surface area contributed by atoms with Gasteiger partial charge >= 0.3 is 6.09 Å². The molecule has 3 aromatic carbocycles. The molecule has 0 aliphatic carbocycles. The summed E-state index contributed by atoms with van der Waals surface area (Å²) in [5.74, 6) is -0.716. The summed E-state index contributed by atoms with van der Waals surface area (Å²) in [5.41, 5.74) is 5.59. The summed E-state index contributed by atoms with van der Waals surface area (Å²) in [4.78, 5) is 35.4. The summed E-state index contributed by atoms with van der Waals surface area (Å²) in [6.45, 7) is 1.05. The van der Waals surface area contributed by atoms with Crippen LogP contribution in [0.25, 0.3) is 22.2 Å². The van der Waals surface area contributed by atoms with Crippen molar-refractivity contribution in [1.29, 1.82) is 0 Å². The van der Waals surface area contributed by atoms with Crippen LogP contribution in [0.3, 0.4) is 0 Å². The number of ether oxygens (including phenoxy) is 1. The van der Waals surface area contributed by atoms with Crippen molar-refractivity contribution in [3.05, 3.63) is 113 Å². The maximum Gasteiger partial charge on any atom is 0.410 e. The average molecular weight is 599 g/mol. The molecule has 5 aromatic rings. The Labute approximate surface area is 250 Å². The second-order valence-corrected chi connectivity index (χ2v) is 12.2. The minimum atomic E-state index is -0.453. The number of nitrogens with zero attached hydrogens (tertiary/aromatic N) is 2. The van der Waals surface area contributed by atoms with Crippen molar-refractivity contribution in [2.75, 3.05) is 13.6 Å². The first-order chi connectivity index (χ1) is 20.4. The fraction of sp³-hybridized carbons (Fsp3) is 0.156. The van der Waals surface area contributed by atoms with E-state index >= 15 is 0 Å². The molecule has 1 aliphatic rings. The molecule has 3 heterocycles. The molecule has 0 saturated heterocycles. The number of halogens is 1. The Morgan fingerprint density at radius 3 is 2.57 bits per heavy atom. The number of nitrogens with one attached hydrogen (secondary N) is 2. The third-order valence-electron chi connectivity index (χ3n) is 6.99. The van der Waals surface area contributed by atoms with E-state index in [1.54, 1.807) is 34.8 Å². The number of amides is 2. The topological polar surface area (TPSA) is 87.3 Å². The first kappa shape index (κ1) is 27.9. The van der Waals surface area contributed by atoms with Crippen LogP contribution in [-0.4, -0.2) is 40.5 Å². The second-order valence-electron chi connectivity index (χ2n) is 9.95. The quantitative estimate of drug-likeness (QED) is 0.183. The lowest BCUT2D eigenvalue weighted by Gasteiger charge is -2.17. The molecule has 0 radical (unpaired) electrons. The number of rotatable bonds is 8. The van der Waals surface area contributed by atoms with E-state index in [1.807, 2.05) is 66.7 Å². The molecule has 0 fully saturated rings. The van der Waals surface area contributed by atoms with Gasteiger partial charge in [0.2, 0.25) is 0 Å². The smallest absolute Gasteiger partial charge is 0.410 e. The van der Waals surface area contributed by atoms with Gasteiger partial charge in [-0.05, 0) is 75.9 Å². The Balaban J connectivity index is 1.06. The zero-order valence-corrected chi connectivity index (χ0v) is 24.4. The molecule has 7 nitrogen and oxygen atoms in total. The molecule has 0 saturated carbocycles. The Bertz CT molecular complexity index is 1740. The molecule has 1 aliphatic heterocycles. The molecular formula is C32H27FN4O3S2. The van der Waals surface area contributed by atoms with Gasteiger partial charge in [-0.25, -0.2) is 14.2 Å². The van der Waals surface area contributed by atoms with Crippen molar-refractivity contribution in [1.82, 2.24) is 20.2 Å². The van der Waals surface area contributed by atoms with Crippen molar-refractivity contribution in [3.63, 3.8) is 0 Å². The largest absolute Gasteiger partial charge is 0.445 e. The Morgan fingerprint density at radius 1 is 1.02 bits per heavy atom. The highest BCUT2D eigenvalue weighted by atomic mass is 33.1. The number of pyridine rings is 1. The molecule has 0 atom stereocenters. The summed E-state index contributed by atoms with van der Waals surface area (Å²) in [7, 11) is 4.92. The zero-order chi connectivity index (χ0) is 29.1. The molecule has 42 heavy (non-hydrogen) atoms. The predicted molar refractivity (Wildman–Crippen MR) is 164 cm³/mol. The van der Waals surface area contributed by atoms with Gasteiger partial charge in [0.1, 0.15) is 17.5 Å². The van der Waals surface area contributed by atoms with E-state index in [0.29, 0.717) is 30.6 Å². The molecule has 6 rings (SSSR count). The third kappa shape index (κ3) is 6.14. The minimum Gasteiger partial charge on any atom is -0.445 e. The number of aromatic amines is 1. The highest BCUT2D eigenvalue weighted by Crippen LogP contribution is 2.36. The molecule has 212 valence electrons. The van der Waals surface area contributed by atoms with Crippen LogP contribution in [0.4, 0.5) is 9.18 Å². The third-order valence-corrected chi connectivity index (χ3v) is 9.29. The van der Waals surface area contributed by atoms with Gasteiger partial charge in [-0.3, -0.25) is 4.79 Å². The van der Waals surface area contributed by atoms with E-state index in [9.17, 15) is 14.0 Å². The van der Waals surface area contributed by atoms with Crippen LogP contribution in [0.5, 0.6) is 0 Å². The minimum absolute atomic E-state index is 0.184. The van der Waals surface area contributed by atoms with Crippen LogP contribution in [-0.2, 0) is 24.3 Å². The number of hydrogen-bond donors (Lipinski definition) is 2. The normalized spacial score (nSPS) is 12.6. The molecule has 2 aromatic heterocycles. The first-order valence-electron chi connectivity index (χ1n) is 13.4. The summed E-state index contributed by atoms with van der Waals surface area (Å²) in [6, 6.07) is 24.3. The van der Waals surface area contributed by atoms with Crippen LogP contribution in [0.15, 0.2) is 95.0 Å². The lowest BCUT2D eigenvalue weighted by atomic mass is 9.99. The number of carbonyl (C=O) groups excluding carboxylic acids is 2. The van der Waals surface area contributed by atoms with Crippen LogP contribution in [0.2, 0.25) is 0 Å². The lowest BCUT2D eigenvalue weighted by Crippen LogP contribution is -2.26. The molecule has 0 bridgehead atoms. The number of hydrogen-bond acceptors (Lipinski definition) is 6.